The lowest BCUT2D eigenvalue weighted by molar-refractivity contribution is -0.148. The topological polar surface area (TPSA) is 79.3 Å². The summed E-state index contributed by atoms with van der Waals surface area (Å²) in [6.45, 7) is 0. The van der Waals surface area contributed by atoms with Gasteiger partial charge in [0.25, 0.3) is 0 Å². The van der Waals surface area contributed by atoms with Crippen LogP contribution in [0.4, 0.5) is 0 Å². The second-order valence-corrected chi connectivity index (χ2v) is 6.05. The number of nitrogens with one attached hydrogen (secondary N) is 1. The largest absolute Gasteiger partial charge is 0.480 e. The van der Waals surface area contributed by atoms with E-state index in [2.05, 4.69) is 10.3 Å². The number of aliphatic carboxylic acids is 1. The molecule has 20 heavy (non-hydrogen) atoms. The highest BCUT2D eigenvalue weighted by atomic mass is 32.1. The minimum absolute atomic E-state index is 0.192. The zero-order chi connectivity index (χ0) is 14.4. The normalized spacial score (nSPS) is 18.2. The van der Waals surface area contributed by atoms with Crippen molar-refractivity contribution >= 4 is 23.2 Å². The molecule has 0 saturated heterocycles. The number of amides is 1. The summed E-state index contributed by atoms with van der Waals surface area (Å²) in [5, 5.41) is 14.2. The number of nitrogens with zero attached hydrogens (tertiary/aromatic N) is 1. The predicted molar refractivity (Wildman–Crippen MR) is 76.6 cm³/mol. The molecule has 1 fully saturated rings. The van der Waals surface area contributed by atoms with Crippen molar-refractivity contribution < 1.29 is 14.7 Å². The number of thiazole rings is 1. The fourth-order valence-corrected chi connectivity index (χ4v) is 3.25. The first-order valence-corrected chi connectivity index (χ1v) is 7.98. The van der Waals surface area contributed by atoms with Crippen LogP contribution in [0.1, 0.15) is 50.6 Å². The molecule has 0 bridgehead atoms. The van der Waals surface area contributed by atoms with Gasteiger partial charge in [-0.1, -0.05) is 25.7 Å². The van der Waals surface area contributed by atoms with Crippen molar-refractivity contribution in [3.63, 3.8) is 0 Å². The molecule has 5 nitrogen and oxygen atoms in total. The van der Waals surface area contributed by atoms with Crippen LogP contribution in [0.25, 0.3) is 0 Å². The first-order chi connectivity index (χ1) is 9.62. The van der Waals surface area contributed by atoms with E-state index in [1.165, 1.54) is 11.3 Å². The van der Waals surface area contributed by atoms with E-state index in [0.29, 0.717) is 25.7 Å². The number of hydrogen-bond donors (Lipinski definition) is 2. The molecule has 1 aromatic rings. The van der Waals surface area contributed by atoms with E-state index in [0.717, 1.165) is 31.4 Å². The average molecular weight is 296 g/mol. The van der Waals surface area contributed by atoms with Gasteiger partial charge in [-0.3, -0.25) is 4.79 Å². The Hall–Kier alpha value is -1.43. The third-order valence-corrected chi connectivity index (χ3v) is 4.47. The lowest BCUT2D eigenvalue weighted by Crippen LogP contribution is -2.54. The molecule has 0 aliphatic heterocycles. The Bertz CT molecular complexity index is 451. The SMILES string of the molecule is O=C(CCc1cscn1)NC1(C(=O)O)CCCCCC1. The molecule has 110 valence electrons. The average Bonchev–Trinajstić information content (AvgIpc) is 2.82. The second kappa shape index (κ2) is 6.83. The molecule has 2 rings (SSSR count). The number of carbonyl (C=O) groups excluding carboxylic acids is 1. The highest BCUT2D eigenvalue weighted by Crippen LogP contribution is 2.27. The second-order valence-electron chi connectivity index (χ2n) is 5.33. The summed E-state index contributed by atoms with van der Waals surface area (Å²) >= 11 is 1.50. The van der Waals surface area contributed by atoms with Crippen LogP contribution in [0.5, 0.6) is 0 Å². The summed E-state index contributed by atoms with van der Waals surface area (Å²) in [6, 6.07) is 0. The van der Waals surface area contributed by atoms with Crippen LogP contribution in [0.2, 0.25) is 0 Å². The number of carboxylic acid groups (broad SMARTS) is 1. The Morgan fingerprint density at radius 2 is 2.00 bits per heavy atom. The van der Waals surface area contributed by atoms with Crippen LogP contribution in [-0.4, -0.2) is 27.5 Å². The Morgan fingerprint density at radius 3 is 2.55 bits per heavy atom. The monoisotopic (exact) mass is 296 g/mol. The van der Waals surface area contributed by atoms with E-state index < -0.39 is 11.5 Å². The molecule has 0 unspecified atom stereocenters. The summed E-state index contributed by atoms with van der Waals surface area (Å²) in [5.41, 5.74) is 1.56. The smallest absolute Gasteiger partial charge is 0.329 e. The fraction of sp³-hybridized carbons (Fsp3) is 0.643. The van der Waals surface area contributed by atoms with Crippen LogP contribution in [0, 0.1) is 0 Å². The van der Waals surface area contributed by atoms with Crippen molar-refractivity contribution in [2.75, 3.05) is 0 Å². The molecule has 0 aromatic carbocycles. The van der Waals surface area contributed by atoms with Gasteiger partial charge in [-0.25, -0.2) is 9.78 Å². The fourth-order valence-electron chi connectivity index (χ4n) is 2.66. The van der Waals surface area contributed by atoms with Gasteiger partial charge in [0.1, 0.15) is 5.54 Å². The lowest BCUT2D eigenvalue weighted by atomic mass is 9.90. The highest BCUT2D eigenvalue weighted by molar-refractivity contribution is 7.07. The van der Waals surface area contributed by atoms with Crippen LogP contribution in [0.15, 0.2) is 10.9 Å². The zero-order valence-corrected chi connectivity index (χ0v) is 12.2. The Kier molecular flexibility index (Phi) is 5.11. The van der Waals surface area contributed by atoms with E-state index in [1.54, 1.807) is 5.51 Å². The van der Waals surface area contributed by atoms with E-state index in [9.17, 15) is 14.7 Å². The van der Waals surface area contributed by atoms with Gasteiger partial charge in [-0.15, -0.1) is 11.3 Å². The maximum atomic E-state index is 12.0. The minimum atomic E-state index is -1.06. The van der Waals surface area contributed by atoms with Crippen LogP contribution >= 0.6 is 11.3 Å². The number of aromatic nitrogens is 1. The van der Waals surface area contributed by atoms with Gasteiger partial charge in [0, 0.05) is 11.8 Å². The minimum Gasteiger partial charge on any atom is -0.480 e. The maximum absolute atomic E-state index is 12.0. The van der Waals surface area contributed by atoms with Gasteiger partial charge < -0.3 is 10.4 Å². The van der Waals surface area contributed by atoms with Crippen molar-refractivity contribution in [1.82, 2.24) is 10.3 Å². The van der Waals surface area contributed by atoms with Crippen molar-refractivity contribution in [3.05, 3.63) is 16.6 Å². The summed E-state index contributed by atoms with van der Waals surface area (Å²) in [6.07, 6.45) is 5.73. The highest BCUT2D eigenvalue weighted by Gasteiger charge is 2.39. The molecule has 0 spiro atoms. The molecule has 1 saturated carbocycles. The molecule has 0 atom stereocenters. The van der Waals surface area contributed by atoms with Crippen LogP contribution in [0.3, 0.4) is 0 Å². The van der Waals surface area contributed by atoms with Gasteiger partial charge >= 0.3 is 5.97 Å². The molecule has 2 N–H and O–H groups in total. The van der Waals surface area contributed by atoms with Gasteiger partial charge in [0.15, 0.2) is 0 Å². The van der Waals surface area contributed by atoms with Crippen LogP contribution < -0.4 is 5.32 Å². The van der Waals surface area contributed by atoms with Gasteiger partial charge in [0.05, 0.1) is 11.2 Å². The molecule has 6 heteroatoms. The number of rotatable bonds is 5. The van der Waals surface area contributed by atoms with Crippen molar-refractivity contribution in [1.29, 1.82) is 0 Å². The van der Waals surface area contributed by atoms with E-state index >= 15 is 0 Å². The molecule has 1 heterocycles. The molecular weight excluding hydrogens is 276 g/mol. The van der Waals surface area contributed by atoms with E-state index in [1.807, 2.05) is 5.38 Å². The third-order valence-electron chi connectivity index (χ3n) is 3.84. The standard InChI is InChI=1S/C14H20N2O3S/c17-12(6-5-11-9-20-10-15-11)16-14(13(18)19)7-3-1-2-4-8-14/h9-10H,1-8H2,(H,16,17)(H,18,19). The molecule has 1 aromatic heterocycles. The number of aryl methyl sites for hydroxylation is 1. The summed E-state index contributed by atoms with van der Waals surface area (Å²) in [5.74, 6) is -1.09. The Morgan fingerprint density at radius 1 is 1.30 bits per heavy atom. The predicted octanol–water partition coefficient (Wildman–Crippen LogP) is 2.37. The summed E-state index contributed by atoms with van der Waals surface area (Å²) in [4.78, 5) is 27.7. The quantitative estimate of drug-likeness (QED) is 0.818. The van der Waals surface area contributed by atoms with Gasteiger partial charge in [-0.2, -0.15) is 0 Å². The van der Waals surface area contributed by atoms with E-state index in [4.69, 9.17) is 0 Å². The summed E-state index contributed by atoms with van der Waals surface area (Å²) in [7, 11) is 0. The number of carbonyl (C=O) groups is 2. The Labute approximate surface area is 122 Å². The molecule has 1 aliphatic carbocycles. The molecule has 1 aliphatic rings. The molecule has 1 amide bonds. The first kappa shape index (κ1) is 15.0. The molecule has 0 radical (unpaired) electrons. The van der Waals surface area contributed by atoms with Crippen molar-refractivity contribution in [2.45, 2.75) is 56.9 Å². The van der Waals surface area contributed by atoms with Gasteiger partial charge in [0.2, 0.25) is 5.91 Å². The lowest BCUT2D eigenvalue weighted by Gasteiger charge is -2.29. The number of hydrogen-bond acceptors (Lipinski definition) is 4. The maximum Gasteiger partial charge on any atom is 0.329 e. The van der Waals surface area contributed by atoms with Crippen molar-refractivity contribution in [2.24, 2.45) is 0 Å². The van der Waals surface area contributed by atoms with Crippen LogP contribution in [-0.2, 0) is 16.0 Å². The molecular formula is C14H20N2O3S. The number of carboxylic acids is 1. The van der Waals surface area contributed by atoms with Gasteiger partial charge in [-0.05, 0) is 19.3 Å². The first-order valence-electron chi connectivity index (χ1n) is 7.04. The third kappa shape index (κ3) is 3.79. The summed E-state index contributed by atoms with van der Waals surface area (Å²) < 4.78 is 0. The van der Waals surface area contributed by atoms with E-state index in [-0.39, 0.29) is 5.91 Å². The Balaban J connectivity index is 1.93. The zero-order valence-electron chi connectivity index (χ0n) is 11.4. The van der Waals surface area contributed by atoms with Crippen molar-refractivity contribution in [3.8, 4) is 0 Å².